The Morgan fingerprint density at radius 3 is 2.17 bits per heavy atom. The van der Waals surface area contributed by atoms with Crippen molar-refractivity contribution < 1.29 is 33.9 Å². The average molecular weight is 416 g/mol. The second-order valence-corrected chi connectivity index (χ2v) is 7.30. The molecule has 0 saturated carbocycles. The zero-order chi connectivity index (χ0) is 22.4. The first-order valence-corrected chi connectivity index (χ1v) is 9.15. The van der Waals surface area contributed by atoms with E-state index >= 15 is 0 Å². The van der Waals surface area contributed by atoms with Gasteiger partial charge >= 0.3 is 5.97 Å². The Morgan fingerprint density at radius 2 is 1.70 bits per heavy atom. The predicted molar refractivity (Wildman–Crippen MR) is 99.6 cm³/mol. The fraction of sp³-hybridized carbons (Fsp3) is 0.368. The maximum absolute atomic E-state index is 13.2. The van der Waals surface area contributed by atoms with Gasteiger partial charge in [-0.2, -0.15) is 0 Å². The minimum Gasteiger partial charge on any atom is -0.478 e. The van der Waals surface area contributed by atoms with Crippen LogP contribution < -0.4 is 11.1 Å². The first-order valence-electron chi connectivity index (χ1n) is 9.15. The SMILES string of the molecule is CC(N)C(=O)N[C@](C)(C(=O)O)N1C(=O)CCC(N2C(=O)c3ccccc3C2=O)C1=O. The Labute approximate surface area is 170 Å². The number of amides is 5. The van der Waals surface area contributed by atoms with Gasteiger partial charge in [0.2, 0.25) is 17.5 Å². The van der Waals surface area contributed by atoms with Crippen molar-refractivity contribution in [3.8, 4) is 0 Å². The van der Waals surface area contributed by atoms with Gasteiger partial charge in [0.15, 0.2) is 0 Å². The number of carbonyl (C=O) groups excluding carboxylic acids is 5. The monoisotopic (exact) mass is 416 g/mol. The minimum atomic E-state index is -2.45. The van der Waals surface area contributed by atoms with E-state index < -0.39 is 53.3 Å². The molecule has 2 heterocycles. The third-order valence-corrected chi connectivity index (χ3v) is 5.17. The van der Waals surface area contributed by atoms with E-state index in [0.29, 0.717) is 4.90 Å². The minimum absolute atomic E-state index is 0.116. The van der Waals surface area contributed by atoms with Crippen LogP contribution >= 0.6 is 0 Å². The number of carboxylic acid groups (broad SMARTS) is 1. The van der Waals surface area contributed by atoms with Crippen LogP contribution in [0.2, 0.25) is 0 Å². The van der Waals surface area contributed by atoms with Gasteiger partial charge in [0, 0.05) is 6.42 Å². The molecule has 2 aliphatic rings. The van der Waals surface area contributed by atoms with Gasteiger partial charge in [-0.25, -0.2) is 9.69 Å². The van der Waals surface area contributed by atoms with Gasteiger partial charge in [0.25, 0.3) is 17.7 Å². The van der Waals surface area contributed by atoms with Gasteiger partial charge in [-0.15, -0.1) is 0 Å². The maximum atomic E-state index is 13.2. The van der Waals surface area contributed by atoms with Gasteiger partial charge in [-0.05, 0) is 32.4 Å². The Morgan fingerprint density at radius 1 is 1.17 bits per heavy atom. The molecule has 0 aromatic heterocycles. The highest BCUT2D eigenvalue weighted by molar-refractivity contribution is 6.23. The van der Waals surface area contributed by atoms with Crippen molar-refractivity contribution in [2.24, 2.45) is 5.73 Å². The number of rotatable bonds is 5. The molecule has 1 aromatic rings. The van der Waals surface area contributed by atoms with Gasteiger partial charge in [0.05, 0.1) is 17.2 Å². The standard InChI is InChI=1S/C19H20N4O7/c1-9(20)14(25)21-19(2,18(29)30)23-13(24)8-7-12(17(23)28)22-15(26)10-5-3-4-6-11(10)16(22)27/h3-6,9,12H,7-8,20H2,1-2H3,(H,21,25)(H,29,30)/t9?,12?,19-/m0/s1. The van der Waals surface area contributed by atoms with Crippen LogP contribution in [-0.4, -0.2) is 68.2 Å². The van der Waals surface area contributed by atoms with E-state index in [1.165, 1.54) is 19.1 Å². The summed E-state index contributed by atoms with van der Waals surface area (Å²) in [5, 5.41) is 11.8. The average Bonchev–Trinajstić information content (AvgIpc) is 2.93. The molecule has 3 atom stereocenters. The number of nitrogens with zero attached hydrogens (tertiary/aromatic N) is 2. The van der Waals surface area contributed by atoms with Gasteiger partial charge in [0.1, 0.15) is 6.04 Å². The molecule has 2 unspecified atom stereocenters. The van der Waals surface area contributed by atoms with Gasteiger partial charge in [-0.1, -0.05) is 12.1 Å². The fourth-order valence-electron chi connectivity index (χ4n) is 3.53. The second-order valence-electron chi connectivity index (χ2n) is 7.30. The summed E-state index contributed by atoms with van der Waals surface area (Å²) in [6.45, 7) is 2.27. The molecular weight excluding hydrogens is 396 g/mol. The first kappa shape index (κ1) is 21.1. The summed E-state index contributed by atoms with van der Waals surface area (Å²) in [6.07, 6.45) is -0.461. The van der Waals surface area contributed by atoms with E-state index in [1.807, 2.05) is 0 Å². The van der Waals surface area contributed by atoms with Crippen molar-refractivity contribution in [3.63, 3.8) is 0 Å². The van der Waals surface area contributed by atoms with Crippen LogP contribution in [0.25, 0.3) is 0 Å². The molecule has 11 heteroatoms. The van der Waals surface area contributed by atoms with E-state index in [0.717, 1.165) is 11.8 Å². The quantitative estimate of drug-likeness (QED) is 0.517. The first-order chi connectivity index (χ1) is 14.0. The molecule has 30 heavy (non-hydrogen) atoms. The number of imide groups is 2. The van der Waals surface area contributed by atoms with Gasteiger partial charge in [-0.3, -0.25) is 28.9 Å². The van der Waals surface area contributed by atoms with Gasteiger partial charge < -0.3 is 16.2 Å². The highest BCUT2D eigenvalue weighted by atomic mass is 16.4. The number of nitrogens with two attached hydrogens (primary N) is 1. The third kappa shape index (κ3) is 3.12. The molecule has 3 rings (SSSR count). The maximum Gasteiger partial charge on any atom is 0.350 e. The van der Waals surface area contributed by atoms with Crippen molar-refractivity contribution in [2.75, 3.05) is 0 Å². The molecule has 1 saturated heterocycles. The van der Waals surface area contributed by atoms with Crippen LogP contribution in [0.15, 0.2) is 24.3 Å². The van der Waals surface area contributed by atoms with Crippen molar-refractivity contribution in [1.82, 2.24) is 15.1 Å². The lowest BCUT2D eigenvalue weighted by atomic mass is 9.97. The van der Waals surface area contributed by atoms with Crippen molar-refractivity contribution in [2.45, 2.75) is 44.4 Å². The molecule has 0 bridgehead atoms. The lowest BCUT2D eigenvalue weighted by molar-refractivity contribution is -0.173. The lowest BCUT2D eigenvalue weighted by Gasteiger charge is -2.42. The third-order valence-electron chi connectivity index (χ3n) is 5.17. The molecule has 2 aliphatic heterocycles. The highest BCUT2D eigenvalue weighted by Gasteiger charge is 2.54. The van der Waals surface area contributed by atoms with Crippen LogP contribution in [0.4, 0.5) is 0 Å². The summed E-state index contributed by atoms with van der Waals surface area (Å²) in [5.74, 6) is -5.93. The van der Waals surface area contributed by atoms with Crippen LogP contribution in [0.1, 0.15) is 47.4 Å². The Bertz CT molecular complexity index is 954. The van der Waals surface area contributed by atoms with E-state index in [9.17, 15) is 33.9 Å². The van der Waals surface area contributed by atoms with E-state index in [-0.39, 0.29) is 24.0 Å². The van der Waals surface area contributed by atoms with Crippen molar-refractivity contribution in [1.29, 1.82) is 0 Å². The molecule has 5 amide bonds. The molecule has 158 valence electrons. The molecule has 11 nitrogen and oxygen atoms in total. The van der Waals surface area contributed by atoms with E-state index in [4.69, 9.17) is 5.73 Å². The zero-order valence-electron chi connectivity index (χ0n) is 16.2. The summed E-state index contributed by atoms with van der Waals surface area (Å²) >= 11 is 0. The summed E-state index contributed by atoms with van der Waals surface area (Å²) < 4.78 is 0. The van der Waals surface area contributed by atoms with Crippen molar-refractivity contribution in [3.05, 3.63) is 35.4 Å². The second kappa shape index (κ2) is 7.34. The predicted octanol–water partition coefficient (Wildman–Crippen LogP) is -0.936. The number of aliphatic carboxylic acids is 1. The number of piperidine rings is 1. The van der Waals surface area contributed by atoms with Crippen LogP contribution in [-0.2, 0) is 19.2 Å². The topological polar surface area (TPSA) is 167 Å². The number of hydrogen-bond donors (Lipinski definition) is 3. The molecule has 0 aliphatic carbocycles. The number of nitrogens with one attached hydrogen (secondary N) is 1. The Hall–Kier alpha value is -3.60. The van der Waals surface area contributed by atoms with Crippen LogP contribution in [0.5, 0.6) is 0 Å². The summed E-state index contributed by atoms with van der Waals surface area (Å²) in [4.78, 5) is 76.3. The number of hydrogen-bond acceptors (Lipinski definition) is 7. The summed E-state index contributed by atoms with van der Waals surface area (Å²) in [6, 6.07) is 3.52. The number of fused-ring (bicyclic) bond motifs is 1. The molecule has 1 fully saturated rings. The highest BCUT2D eigenvalue weighted by Crippen LogP contribution is 2.31. The van der Waals surface area contributed by atoms with Crippen LogP contribution in [0, 0.1) is 0 Å². The summed E-state index contributed by atoms with van der Waals surface area (Å²) in [5.41, 5.74) is 3.25. The van der Waals surface area contributed by atoms with E-state index in [1.54, 1.807) is 12.1 Å². The Kier molecular flexibility index (Phi) is 5.16. The van der Waals surface area contributed by atoms with Crippen molar-refractivity contribution >= 4 is 35.5 Å². The molecule has 1 aromatic carbocycles. The van der Waals surface area contributed by atoms with E-state index in [2.05, 4.69) is 5.32 Å². The Balaban J connectivity index is 1.98. The normalized spacial score (nSPS) is 21.9. The lowest BCUT2D eigenvalue weighted by Crippen LogP contribution is -2.72. The fourth-order valence-corrected chi connectivity index (χ4v) is 3.53. The zero-order valence-corrected chi connectivity index (χ0v) is 16.2. The number of benzene rings is 1. The molecular formula is C19H20N4O7. The molecule has 0 radical (unpaired) electrons. The summed E-state index contributed by atoms with van der Waals surface area (Å²) in [7, 11) is 0. The number of carbonyl (C=O) groups is 6. The molecule has 4 N–H and O–H groups in total. The molecule has 0 spiro atoms. The van der Waals surface area contributed by atoms with Crippen LogP contribution in [0.3, 0.4) is 0 Å². The largest absolute Gasteiger partial charge is 0.478 e. The smallest absolute Gasteiger partial charge is 0.350 e. The number of carboxylic acids is 1. The number of likely N-dealkylation sites (tertiary alicyclic amines) is 1.